The fourth-order valence-electron chi connectivity index (χ4n) is 1.03. The van der Waals surface area contributed by atoms with Crippen LogP contribution in [0, 0.1) is 0 Å². The quantitative estimate of drug-likeness (QED) is 0.409. The van der Waals surface area contributed by atoms with Gasteiger partial charge in [0, 0.05) is 26.4 Å². The van der Waals surface area contributed by atoms with E-state index in [9.17, 15) is 0 Å². The Hall–Kier alpha value is -0.160. The summed E-state index contributed by atoms with van der Waals surface area (Å²) < 4.78 is 10.7. The van der Waals surface area contributed by atoms with Crippen LogP contribution in [-0.2, 0) is 9.47 Å². The van der Waals surface area contributed by atoms with Gasteiger partial charge in [-0.25, -0.2) is 0 Å². The Labute approximate surface area is 86.9 Å². The van der Waals surface area contributed by atoms with Crippen LogP contribution in [0.15, 0.2) is 0 Å². The van der Waals surface area contributed by atoms with Crippen molar-refractivity contribution >= 4 is 0 Å². The number of nitrogens with two attached hydrogens (primary N) is 2. The highest BCUT2D eigenvalue weighted by Gasteiger charge is 1.94. The third-order valence-electron chi connectivity index (χ3n) is 1.75. The Morgan fingerprint density at radius 1 is 0.929 bits per heavy atom. The van der Waals surface area contributed by atoms with Crippen LogP contribution in [-0.4, -0.2) is 32.6 Å². The summed E-state index contributed by atoms with van der Waals surface area (Å²) in [6, 6.07) is 0. The van der Waals surface area contributed by atoms with E-state index in [-0.39, 0.29) is 6.17 Å². The second-order valence-electron chi connectivity index (χ2n) is 3.38. The van der Waals surface area contributed by atoms with Crippen molar-refractivity contribution in [2.24, 2.45) is 11.5 Å². The predicted octanol–water partition coefficient (Wildman–Crippen LogP) is 0.843. The first-order valence-corrected chi connectivity index (χ1v) is 5.44. The van der Waals surface area contributed by atoms with Gasteiger partial charge in [0.05, 0.1) is 6.17 Å². The van der Waals surface area contributed by atoms with Crippen LogP contribution in [0.1, 0.15) is 32.6 Å². The summed E-state index contributed by atoms with van der Waals surface area (Å²) in [4.78, 5) is 0. The van der Waals surface area contributed by atoms with Crippen molar-refractivity contribution in [3.63, 3.8) is 0 Å². The summed E-state index contributed by atoms with van der Waals surface area (Å²) in [5.41, 5.74) is 10.8. The molecule has 0 aliphatic rings. The largest absolute Gasteiger partial charge is 0.381 e. The molecule has 0 saturated carbocycles. The monoisotopic (exact) mass is 204 g/mol. The third kappa shape index (κ3) is 11.8. The zero-order valence-electron chi connectivity index (χ0n) is 9.21. The van der Waals surface area contributed by atoms with Gasteiger partial charge in [-0.05, 0) is 25.7 Å². The Kier molecular flexibility index (Phi) is 10.8. The van der Waals surface area contributed by atoms with Crippen LogP contribution >= 0.6 is 0 Å². The predicted molar refractivity (Wildman–Crippen MR) is 57.9 cm³/mol. The summed E-state index contributed by atoms with van der Waals surface area (Å²) >= 11 is 0. The van der Waals surface area contributed by atoms with Gasteiger partial charge in [0.2, 0.25) is 0 Å². The molecule has 0 aromatic heterocycles. The molecule has 0 amide bonds. The van der Waals surface area contributed by atoms with Gasteiger partial charge in [0.1, 0.15) is 0 Å². The molecule has 4 heteroatoms. The highest BCUT2D eigenvalue weighted by molar-refractivity contribution is 4.49. The topological polar surface area (TPSA) is 70.5 Å². The highest BCUT2D eigenvalue weighted by Crippen LogP contribution is 1.92. The second kappa shape index (κ2) is 10.9. The van der Waals surface area contributed by atoms with E-state index >= 15 is 0 Å². The van der Waals surface area contributed by atoms with Gasteiger partial charge in [-0.1, -0.05) is 6.92 Å². The van der Waals surface area contributed by atoms with Gasteiger partial charge in [-0.3, -0.25) is 0 Å². The molecule has 0 saturated heterocycles. The fraction of sp³-hybridized carbons (Fsp3) is 1.00. The first-order chi connectivity index (χ1) is 6.77. The van der Waals surface area contributed by atoms with E-state index in [0.29, 0.717) is 0 Å². The van der Waals surface area contributed by atoms with Crippen LogP contribution in [0.2, 0.25) is 0 Å². The van der Waals surface area contributed by atoms with Gasteiger partial charge in [0.15, 0.2) is 0 Å². The lowest BCUT2D eigenvalue weighted by Gasteiger charge is -2.06. The van der Waals surface area contributed by atoms with Crippen LogP contribution < -0.4 is 11.5 Å². The number of ether oxygens (including phenoxy) is 2. The van der Waals surface area contributed by atoms with Crippen molar-refractivity contribution in [2.75, 3.05) is 26.4 Å². The Morgan fingerprint density at radius 2 is 1.50 bits per heavy atom. The van der Waals surface area contributed by atoms with Crippen molar-refractivity contribution in [1.82, 2.24) is 0 Å². The van der Waals surface area contributed by atoms with E-state index in [0.717, 1.165) is 52.1 Å². The fourth-order valence-corrected chi connectivity index (χ4v) is 1.03. The SMILES string of the molecule is CCCOCCCOCCCC(N)N. The van der Waals surface area contributed by atoms with Crippen molar-refractivity contribution in [3.05, 3.63) is 0 Å². The molecule has 0 aromatic rings. The van der Waals surface area contributed by atoms with Gasteiger partial charge in [0.25, 0.3) is 0 Å². The lowest BCUT2D eigenvalue weighted by Crippen LogP contribution is -2.30. The number of rotatable bonds is 10. The molecule has 0 heterocycles. The minimum atomic E-state index is -0.202. The van der Waals surface area contributed by atoms with Crippen molar-refractivity contribution in [2.45, 2.75) is 38.8 Å². The molecule has 0 aromatic carbocycles. The smallest absolute Gasteiger partial charge is 0.0521 e. The molecule has 0 rings (SSSR count). The molecular weight excluding hydrogens is 180 g/mol. The zero-order valence-corrected chi connectivity index (χ0v) is 9.21. The molecule has 0 spiro atoms. The van der Waals surface area contributed by atoms with E-state index in [2.05, 4.69) is 6.92 Å². The maximum atomic E-state index is 5.39. The van der Waals surface area contributed by atoms with E-state index in [4.69, 9.17) is 20.9 Å². The molecule has 4 nitrogen and oxygen atoms in total. The normalized spacial score (nSPS) is 11.1. The Bertz CT molecular complexity index is 110. The zero-order chi connectivity index (χ0) is 10.6. The minimum Gasteiger partial charge on any atom is -0.381 e. The molecule has 0 fully saturated rings. The van der Waals surface area contributed by atoms with E-state index in [1.807, 2.05) is 0 Å². The van der Waals surface area contributed by atoms with E-state index < -0.39 is 0 Å². The molecule has 0 radical (unpaired) electrons. The van der Waals surface area contributed by atoms with Crippen molar-refractivity contribution in [1.29, 1.82) is 0 Å². The Balaban J connectivity index is 2.85. The molecule has 14 heavy (non-hydrogen) atoms. The summed E-state index contributed by atoms with van der Waals surface area (Å²) in [5, 5.41) is 0. The molecule has 4 N–H and O–H groups in total. The first kappa shape index (κ1) is 13.8. The average molecular weight is 204 g/mol. The second-order valence-corrected chi connectivity index (χ2v) is 3.38. The van der Waals surface area contributed by atoms with Crippen LogP contribution in [0.4, 0.5) is 0 Å². The standard InChI is InChI=1S/C10H24N2O2/c1-2-6-13-8-4-9-14-7-3-5-10(11)12/h10H,2-9,11-12H2,1H3. The molecule has 0 aliphatic heterocycles. The summed E-state index contributed by atoms with van der Waals surface area (Å²) in [5.74, 6) is 0. The van der Waals surface area contributed by atoms with Crippen LogP contribution in [0.25, 0.3) is 0 Å². The van der Waals surface area contributed by atoms with Gasteiger partial charge >= 0.3 is 0 Å². The van der Waals surface area contributed by atoms with Crippen molar-refractivity contribution < 1.29 is 9.47 Å². The lowest BCUT2D eigenvalue weighted by atomic mass is 10.3. The molecule has 0 atom stereocenters. The van der Waals surface area contributed by atoms with Crippen LogP contribution in [0.5, 0.6) is 0 Å². The Morgan fingerprint density at radius 3 is 2.07 bits per heavy atom. The van der Waals surface area contributed by atoms with Gasteiger partial charge < -0.3 is 20.9 Å². The number of hydrogen-bond acceptors (Lipinski definition) is 4. The first-order valence-electron chi connectivity index (χ1n) is 5.44. The van der Waals surface area contributed by atoms with Crippen LogP contribution in [0.3, 0.4) is 0 Å². The minimum absolute atomic E-state index is 0.202. The summed E-state index contributed by atoms with van der Waals surface area (Å²) in [7, 11) is 0. The molecule has 0 unspecified atom stereocenters. The molecular formula is C10H24N2O2. The summed E-state index contributed by atoms with van der Waals surface area (Å²) in [6.45, 7) is 5.26. The van der Waals surface area contributed by atoms with Gasteiger partial charge in [-0.2, -0.15) is 0 Å². The number of hydrogen-bond donors (Lipinski definition) is 2. The van der Waals surface area contributed by atoms with Crippen molar-refractivity contribution in [3.8, 4) is 0 Å². The third-order valence-corrected chi connectivity index (χ3v) is 1.75. The maximum absolute atomic E-state index is 5.39. The van der Waals surface area contributed by atoms with Gasteiger partial charge in [-0.15, -0.1) is 0 Å². The molecule has 0 bridgehead atoms. The van der Waals surface area contributed by atoms with E-state index in [1.165, 1.54) is 0 Å². The lowest BCUT2D eigenvalue weighted by molar-refractivity contribution is 0.0810. The average Bonchev–Trinajstić information content (AvgIpc) is 2.15. The molecule has 0 aliphatic carbocycles. The molecule has 86 valence electrons. The maximum Gasteiger partial charge on any atom is 0.0521 e. The highest BCUT2D eigenvalue weighted by atomic mass is 16.5. The summed E-state index contributed by atoms with van der Waals surface area (Å²) in [6.07, 6.45) is 3.61. The van der Waals surface area contributed by atoms with E-state index in [1.54, 1.807) is 0 Å².